The van der Waals surface area contributed by atoms with Crippen LogP contribution in [-0.4, -0.2) is 15.7 Å². The highest BCUT2D eigenvalue weighted by Crippen LogP contribution is 2.32. The molecule has 8 heteroatoms. The summed E-state index contributed by atoms with van der Waals surface area (Å²) in [6.45, 7) is 1.94. The number of carbonyl (C=O) groups is 1. The van der Waals surface area contributed by atoms with Gasteiger partial charge in [0.2, 0.25) is 0 Å². The predicted molar refractivity (Wildman–Crippen MR) is 115 cm³/mol. The molecule has 158 valence electrons. The maximum absolute atomic E-state index is 12.7. The number of hydrogen-bond donors (Lipinski definition) is 2. The first-order valence-corrected chi connectivity index (χ1v) is 9.45. The van der Waals surface area contributed by atoms with E-state index in [1.165, 1.54) is 12.1 Å². The zero-order valence-corrected chi connectivity index (χ0v) is 16.8. The van der Waals surface area contributed by atoms with Gasteiger partial charge in [0.05, 0.1) is 11.1 Å². The maximum atomic E-state index is 12.7. The van der Waals surface area contributed by atoms with E-state index in [0.29, 0.717) is 11.3 Å². The minimum absolute atomic E-state index is 0.277. The van der Waals surface area contributed by atoms with E-state index in [2.05, 4.69) is 10.4 Å². The van der Waals surface area contributed by atoms with Crippen LogP contribution < -0.4 is 11.1 Å². The van der Waals surface area contributed by atoms with E-state index in [9.17, 15) is 18.0 Å². The SMILES string of the molecule is Cc1cc(N)ccc1-c1nn(C)c2ccc(C(=O)Nc3ccc(C(F)(F)F)cc3)cc12. The monoisotopic (exact) mass is 424 g/mol. The molecule has 1 heterocycles. The lowest BCUT2D eigenvalue weighted by atomic mass is 10.0. The van der Waals surface area contributed by atoms with Crippen molar-refractivity contribution in [3.8, 4) is 11.3 Å². The van der Waals surface area contributed by atoms with Crippen LogP contribution in [0.15, 0.2) is 60.7 Å². The molecule has 3 N–H and O–H groups in total. The molecule has 4 rings (SSSR count). The van der Waals surface area contributed by atoms with Crippen LogP contribution in [0.1, 0.15) is 21.5 Å². The third kappa shape index (κ3) is 3.96. The highest BCUT2D eigenvalue weighted by Gasteiger charge is 2.30. The average molecular weight is 424 g/mol. The number of nitrogens with one attached hydrogen (secondary N) is 1. The highest BCUT2D eigenvalue weighted by molar-refractivity contribution is 6.07. The molecule has 0 spiro atoms. The van der Waals surface area contributed by atoms with Gasteiger partial charge in [0.25, 0.3) is 5.91 Å². The fourth-order valence-corrected chi connectivity index (χ4v) is 3.50. The third-order valence-corrected chi connectivity index (χ3v) is 5.09. The molecule has 0 atom stereocenters. The number of halogens is 3. The van der Waals surface area contributed by atoms with Crippen molar-refractivity contribution in [2.24, 2.45) is 7.05 Å². The summed E-state index contributed by atoms with van der Waals surface area (Å²) < 4.78 is 39.9. The van der Waals surface area contributed by atoms with E-state index in [1.54, 1.807) is 28.9 Å². The van der Waals surface area contributed by atoms with Gasteiger partial charge in [-0.05, 0) is 67.1 Å². The van der Waals surface area contributed by atoms with E-state index in [-0.39, 0.29) is 5.69 Å². The average Bonchev–Trinajstić information content (AvgIpc) is 3.03. The number of amides is 1. The molecular formula is C23H19F3N4O. The first kappa shape index (κ1) is 20.5. The number of hydrogen-bond acceptors (Lipinski definition) is 3. The van der Waals surface area contributed by atoms with Crippen molar-refractivity contribution in [1.82, 2.24) is 9.78 Å². The lowest BCUT2D eigenvalue weighted by molar-refractivity contribution is -0.137. The number of benzene rings is 3. The molecule has 0 unspecified atom stereocenters. The Labute approximate surface area is 176 Å². The van der Waals surface area contributed by atoms with Gasteiger partial charge in [0, 0.05) is 34.9 Å². The van der Waals surface area contributed by atoms with Crippen molar-refractivity contribution < 1.29 is 18.0 Å². The topological polar surface area (TPSA) is 72.9 Å². The smallest absolute Gasteiger partial charge is 0.399 e. The molecule has 0 bridgehead atoms. The molecule has 0 aliphatic heterocycles. The van der Waals surface area contributed by atoms with E-state index in [1.807, 2.05) is 26.1 Å². The molecule has 0 radical (unpaired) electrons. The second kappa shape index (κ2) is 7.46. The van der Waals surface area contributed by atoms with Crippen molar-refractivity contribution in [3.63, 3.8) is 0 Å². The number of anilines is 2. The lowest BCUT2D eigenvalue weighted by Gasteiger charge is -2.09. The number of nitrogens with zero attached hydrogens (tertiary/aromatic N) is 2. The number of aryl methyl sites for hydroxylation is 2. The van der Waals surface area contributed by atoms with Crippen molar-refractivity contribution in [2.75, 3.05) is 11.1 Å². The number of rotatable bonds is 3. The fourth-order valence-electron chi connectivity index (χ4n) is 3.50. The van der Waals surface area contributed by atoms with Gasteiger partial charge in [0.15, 0.2) is 0 Å². The highest BCUT2D eigenvalue weighted by atomic mass is 19.4. The Kier molecular flexibility index (Phi) is 4.93. The van der Waals surface area contributed by atoms with E-state index in [0.717, 1.165) is 39.9 Å². The summed E-state index contributed by atoms with van der Waals surface area (Å²) in [6.07, 6.45) is -4.43. The van der Waals surface area contributed by atoms with Gasteiger partial charge in [-0.3, -0.25) is 9.48 Å². The number of alkyl halides is 3. The fraction of sp³-hybridized carbons (Fsp3) is 0.130. The van der Waals surface area contributed by atoms with Crippen LogP contribution in [0.4, 0.5) is 24.5 Å². The van der Waals surface area contributed by atoms with Gasteiger partial charge in [-0.2, -0.15) is 18.3 Å². The van der Waals surface area contributed by atoms with Crippen molar-refractivity contribution >= 4 is 28.2 Å². The maximum Gasteiger partial charge on any atom is 0.416 e. The van der Waals surface area contributed by atoms with Gasteiger partial charge in [-0.15, -0.1) is 0 Å². The normalized spacial score (nSPS) is 11.6. The first-order valence-electron chi connectivity index (χ1n) is 9.45. The molecule has 0 aliphatic rings. The molecule has 0 aliphatic carbocycles. The van der Waals surface area contributed by atoms with Crippen LogP contribution in [0.2, 0.25) is 0 Å². The number of nitrogen functional groups attached to an aromatic ring is 1. The Morgan fingerprint density at radius 2 is 1.74 bits per heavy atom. The predicted octanol–water partition coefficient (Wildman–Crippen LogP) is 5.40. The first-order chi connectivity index (χ1) is 14.6. The Morgan fingerprint density at radius 3 is 2.39 bits per heavy atom. The second-order valence-corrected chi connectivity index (χ2v) is 7.31. The molecule has 31 heavy (non-hydrogen) atoms. The Hall–Kier alpha value is -3.81. The molecule has 1 aromatic heterocycles. The summed E-state index contributed by atoms with van der Waals surface area (Å²) in [5.74, 6) is -0.425. The molecule has 0 saturated heterocycles. The van der Waals surface area contributed by atoms with Crippen molar-refractivity contribution in [2.45, 2.75) is 13.1 Å². The Morgan fingerprint density at radius 1 is 1.03 bits per heavy atom. The van der Waals surface area contributed by atoms with E-state index in [4.69, 9.17) is 5.73 Å². The summed E-state index contributed by atoms with van der Waals surface area (Å²) in [6, 6.07) is 15.0. The lowest BCUT2D eigenvalue weighted by Crippen LogP contribution is -2.12. The van der Waals surface area contributed by atoms with Crippen LogP contribution in [0.25, 0.3) is 22.2 Å². The van der Waals surface area contributed by atoms with Gasteiger partial charge in [0.1, 0.15) is 5.69 Å². The third-order valence-electron chi connectivity index (χ3n) is 5.09. The quantitative estimate of drug-likeness (QED) is 0.433. The molecular weight excluding hydrogens is 405 g/mol. The summed E-state index contributed by atoms with van der Waals surface area (Å²) in [5.41, 5.74) is 9.81. The summed E-state index contributed by atoms with van der Waals surface area (Å²) in [7, 11) is 1.82. The van der Waals surface area contributed by atoms with Crippen LogP contribution in [0, 0.1) is 6.92 Å². The number of aromatic nitrogens is 2. The minimum Gasteiger partial charge on any atom is -0.399 e. The summed E-state index contributed by atoms with van der Waals surface area (Å²) >= 11 is 0. The molecule has 4 aromatic rings. The molecule has 0 fully saturated rings. The Bertz CT molecular complexity index is 1290. The van der Waals surface area contributed by atoms with E-state index >= 15 is 0 Å². The number of fused-ring (bicyclic) bond motifs is 1. The molecule has 0 saturated carbocycles. The van der Waals surface area contributed by atoms with Crippen LogP contribution in [0.5, 0.6) is 0 Å². The van der Waals surface area contributed by atoms with Gasteiger partial charge >= 0.3 is 6.18 Å². The van der Waals surface area contributed by atoms with Gasteiger partial charge in [-0.1, -0.05) is 6.07 Å². The van der Waals surface area contributed by atoms with Gasteiger partial charge < -0.3 is 11.1 Å². The van der Waals surface area contributed by atoms with Crippen LogP contribution in [-0.2, 0) is 13.2 Å². The standard InChI is InChI=1S/C23H19F3N4O/c1-13-11-16(27)6-9-18(13)21-19-12-14(3-10-20(19)30(2)29-21)22(31)28-17-7-4-15(5-8-17)23(24,25)26/h3-12H,27H2,1-2H3,(H,28,31). The zero-order valence-electron chi connectivity index (χ0n) is 16.8. The molecule has 3 aromatic carbocycles. The minimum atomic E-state index is -4.43. The van der Waals surface area contributed by atoms with Crippen molar-refractivity contribution in [1.29, 1.82) is 0 Å². The zero-order chi connectivity index (χ0) is 22.3. The number of nitrogens with two attached hydrogens (primary N) is 1. The molecule has 1 amide bonds. The second-order valence-electron chi connectivity index (χ2n) is 7.31. The van der Waals surface area contributed by atoms with Crippen LogP contribution >= 0.6 is 0 Å². The Balaban J connectivity index is 1.68. The number of carbonyl (C=O) groups excluding carboxylic acids is 1. The largest absolute Gasteiger partial charge is 0.416 e. The van der Waals surface area contributed by atoms with Crippen molar-refractivity contribution in [3.05, 3.63) is 77.4 Å². The van der Waals surface area contributed by atoms with Gasteiger partial charge in [-0.25, -0.2) is 0 Å². The molecule has 5 nitrogen and oxygen atoms in total. The summed E-state index contributed by atoms with van der Waals surface area (Å²) in [4.78, 5) is 12.7. The van der Waals surface area contributed by atoms with E-state index < -0.39 is 17.6 Å². The summed E-state index contributed by atoms with van der Waals surface area (Å²) in [5, 5.41) is 8.03. The van der Waals surface area contributed by atoms with Crippen LogP contribution in [0.3, 0.4) is 0 Å².